The van der Waals surface area contributed by atoms with Gasteiger partial charge in [0, 0.05) is 7.11 Å². The standard InChI is InChI=1S/C5H10INO3/c1-10-5-3(9)2(8)4(6)7-5/h2-5,7-9H,1H3/t2-,3+,4-,5-/m1/s1. The lowest BCUT2D eigenvalue weighted by atomic mass is 10.2. The Morgan fingerprint density at radius 2 is 2.00 bits per heavy atom. The second-order valence-electron chi connectivity index (χ2n) is 2.21. The third kappa shape index (κ3) is 1.42. The van der Waals surface area contributed by atoms with E-state index in [4.69, 9.17) is 9.84 Å². The first-order valence-electron chi connectivity index (χ1n) is 2.96. The van der Waals surface area contributed by atoms with Crippen LogP contribution in [0.4, 0.5) is 0 Å². The number of hydrogen-bond donors (Lipinski definition) is 3. The quantitative estimate of drug-likeness (QED) is 0.322. The Kier molecular flexibility index (Phi) is 2.87. The van der Waals surface area contributed by atoms with Gasteiger partial charge in [-0.2, -0.15) is 0 Å². The van der Waals surface area contributed by atoms with Gasteiger partial charge in [-0.25, -0.2) is 0 Å². The predicted octanol–water partition coefficient (Wildman–Crippen LogP) is -0.955. The Bertz CT molecular complexity index is 123. The van der Waals surface area contributed by atoms with Gasteiger partial charge in [0.1, 0.15) is 18.4 Å². The van der Waals surface area contributed by atoms with Crippen molar-refractivity contribution in [2.75, 3.05) is 7.11 Å². The molecule has 1 rings (SSSR count). The summed E-state index contributed by atoms with van der Waals surface area (Å²) >= 11 is 2.01. The molecule has 0 saturated carbocycles. The maximum absolute atomic E-state index is 9.19. The lowest BCUT2D eigenvalue weighted by molar-refractivity contribution is -0.0413. The summed E-state index contributed by atoms with van der Waals surface area (Å²) in [7, 11) is 1.49. The maximum atomic E-state index is 9.19. The molecule has 4 atom stereocenters. The van der Waals surface area contributed by atoms with Crippen molar-refractivity contribution in [2.45, 2.75) is 22.5 Å². The molecule has 1 heterocycles. The van der Waals surface area contributed by atoms with Crippen LogP contribution in [0, 0.1) is 0 Å². The van der Waals surface area contributed by atoms with E-state index in [1.807, 2.05) is 22.6 Å². The van der Waals surface area contributed by atoms with Crippen LogP contribution in [0.1, 0.15) is 0 Å². The second kappa shape index (κ2) is 3.31. The molecule has 3 N–H and O–H groups in total. The molecule has 0 unspecified atom stereocenters. The number of aliphatic hydroxyl groups excluding tert-OH is 2. The van der Waals surface area contributed by atoms with Crippen LogP contribution in [-0.2, 0) is 4.74 Å². The van der Waals surface area contributed by atoms with Crippen LogP contribution in [0.15, 0.2) is 0 Å². The molecule has 0 radical (unpaired) electrons. The highest BCUT2D eigenvalue weighted by Crippen LogP contribution is 2.18. The van der Waals surface area contributed by atoms with Gasteiger partial charge in [0.2, 0.25) is 0 Å². The number of hydrogen-bond acceptors (Lipinski definition) is 4. The van der Waals surface area contributed by atoms with E-state index in [0.29, 0.717) is 0 Å². The molecule has 1 saturated heterocycles. The Labute approximate surface area is 72.7 Å². The number of alkyl halides is 1. The van der Waals surface area contributed by atoms with Gasteiger partial charge in [-0.15, -0.1) is 0 Å². The third-order valence-electron chi connectivity index (χ3n) is 1.54. The molecular weight excluding hydrogens is 249 g/mol. The predicted molar refractivity (Wildman–Crippen MR) is 43.8 cm³/mol. The first-order valence-corrected chi connectivity index (χ1v) is 4.20. The smallest absolute Gasteiger partial charge is 0.137 e. The SMILES string of the molecule is CO[C@H]1N[C@@H](I)[C@H](O)[C@@H]1O. The van der Waals surface area contributed by atoms with E-state index in [2.05, 4.69) is 5.32 Å². The van der Waals surface area contributed by atoms with E-state index in [1.165, 1.54) is 7.11 Å². The highest BCUT2D eigenvalue weighted by molar-refractivity contribution is 14.1. The fourth-order valence-corrected chi connectivity index (χ4v) is 1.69. The topological polar surface area (TPSA) is 61.7 Å². The molecule has 4 nitrogen and oxygen atoms in total. The monoisotopic (exact) mass is 259 g/mol. The Hall–Kier alpha value is 0.570. The van der Waals surface area contributed by atoms with E-state index < -0.39 is 18.4 Å². The van der Waals surface area contributed by atoms with Crippen LogP contribution < -0.4 is 5.32 Å². The molecule has 0 aromatic heterocycles. The molecule has 1 fully saturated rings. The van der Waals surface area contributed by atoms with Crippen LogP contribution in [0.3, 0.4) is 0 Å². The zero-order chi connectivity index (χ0) is 7.72. The summed E-state index contributed by atoms with van der Waals surface area (Å²) in [6.45, 7) is 0. The fourth-order valence-electron chi connectivity index (χ4n) is 0.914. The number of rotatable bonds is 1. The van der Waals surface area contributed by atoms with Crippen molar-refractivity contribution in [3.8, 4) is 0 Å². The minimum absolute atomic E-state index is 0.127. The fraction of sp³-hybridized carbons (Fsp3) is 1.00. The zero-order valence-corrected chi connectivity index (χ0v) is 7.65. The number of methoxy groups -OCH3 is 1. The normalized spacial score (nSPS) is 48.0. The van der Waals surface area contributed by atoms with E-state index in [0.717, 1.165) is 0 Å². The van der Waals surface area contributed by atoms with Crippen molar-refractivity contribution in [3.05, 3.63) is 0 Å². The summed E-state index contributed by atoms with van der Waals surface area (Å²) in [5, 5.41) is 21.2. The van der Waals surface area contributed by atoms with Gasteiger partial charge in [-0.05, 0) is 0 Å². The van der Waals surface area contributed by atoms with Crippen LogP contribution in [0.2, 0.25) is 0 Å². The van der Waals surface area contributed by atoms with Gasteiger partial charge >= 0.3 is 0 Å². The molecule has 0 bridgehead atoms. The minimum Gasteiger partial charge on any atom is -0.388 e. The summed E-state index contributed by atoms with van der Waals surface area (Å²) in [4.78, 5) is 0. The highest BCUT2D eigenvalue weighted by atomic mass is 127. The number of ether oxygens (including phenoxy) is 1. The van der Waals surface area contributed by atoms with Crippen molar-refractivity contribution >= 4 is 22.6 Å². The van der Waals surface area contributed by atoms with Crippen LogP contribution in [0.5, 0.6) is 0 Å². The van der Waals surface area contributed by atoms with E-state index in [-0.39, 0.29) is 4.05 Å². The minimum atomic E-state index is -0.813. The zero-order valence-electron chi connectivity index (χ0n) is 5.49. The molecule has 10 heavy (non-hydrogen) atoms. The molecule has 0 aromatic carbocycles. The van der Waals surface area contributed by atoms with Crippen molar-refractivity contribution < 1.29 is 14.9 Å². The first kappa shape index (κ1) is 8.66. The Balaban J connectivity index is 2.53. The lowest BCUT2D eigenvalue weighted by Gasteiger charge is -2.12. The van der Waals surface area contributed by atoms with Crippen molar-refractivity contribution in [2.24, 2.45) is 0 Å². The highest BCUT2D eigenvalue weighted by Gasteiger charge is 2.39. The molecule has 0 amide bonds. The molecule has 1 aliphatic heterocycles. The van der Waals surface area contributed by atoms with E-state index in [9.17, 15) is 5.11 Å². The number of nitrogens with one attached hydrogen (secondary N) is 1. The van der Waals surface area contributed by atoms with Gasteiger partial charge in [0.05, 0.1) is 4.05 Å². The van der Waals surface area contributed by atoms with Gasteiger partial charge in [-0.3, -0.25) is 5.32 Å². The summed E-state index contributed by atoms with van der Waals surface area (Å²) in [5.74, 6) is 0. The number of halogens is 1. The van der Waals surface area contributed by atoms with E-state index >= 15 is 0 Å². The molecule has 5 heteroatoms. The van der Waals surface area contributed by atoms with Gasteiger partial charge in [0.15, 0.2) is 0 Å². The van der Waals surface area contributed by atoms with Crippen LogP contribution in [-0.4, -0.2) is 39.8 Å². The van der Waals surface area contributed by atoms with E-state index in [1.54, 1.807) is 0 Å². The summed E-state index contributed by atoms with van der Waals surface area (Å²) in [6.07, 6.45) is -1.98. The molecule has 1 aliphatic rings. The molecule has 0 aromatic rings. The summed E-state index contributed by atoms with van der Waals surface area (Å²) < 4.78 is 4.71. The average molecular weight is 259 g/mol. The molecule has 60 valence electrons. The average Bonchev–Trinajstić information content (AvgIpc) is 2.17. The summed E-state index contributed by atoms with van der Waals surface area (Å²) in [5.41, 5.74) is 0. The Morgan fingerprint density at radius 3 is 2.20 bits per heavy atom. The summed E-state index contributed by atoms with van der Waals surface area (Å²) in [6, 6.07) is 0. The van der Waals surface area contributed by atoms with Gasteiger partial charge in [-0.1, -0.05) is 22.6 Å². The molecule has 0 spiro atoms. The Morgan fingerprint density at radius 1 is 1.40 bits per heavy atom. The van der Waals surface area contributed by atoms with Crippen molar-refractivity contribution in [3.63, 3.8) is 0 Å². The van der Waals surface area contributed by atoms with Gasteiger partial charge < -0.3 is 14.9 Å². The molecule has 0 aliphatic carbocycles. The van der Waals surface area contributed by atoms with Gasteiger partial charge in [0.25, 0.3) is 0 Å². The first-order chi connectivity index (χ1) is 4.66. The second-order valence-corrected chi connectivity index (χ2v) is 3.55. The van der Waals surface area contributed by atoms with Crippen molar-refractivity contribution in [1.29, 1.82) is 0 Å². The van der Waals surface area contributed by atoms with Crippen molar-refractivity contribution in [1.82, 2.24) is 5.32 Å². The number of aliphatic hydroxyl groups is 2. The largest absolute Gasteiger partial charge is 0.388 e. The lowest BCUT2D eigenvalue weighted by Crippen LogP contribution is -2.34. The third-order valence-corrected chi connectivity index (χ3v) is 2.63. The maximum Gasteiger partial charge on any atom is 0.137 e. The van der Waals surface area contributed by atoms with Crippen LogP contribution in [0.25, 0.3) is 0 Å². The van der Waals surface area contributed by atoms with Crippen LogP contribution >= 0.6 is 22.6 Å². The molecular formula is C5H10INO3.